The van der Waals surface area contributed by atoms with Crippen molar-refractivity contribution >= 4 is 5.69 Å². The minimum absolute atomic E-state index is 0.0341. The highest BCUT2D eigenvalue weighted by Crippen LogP contribution is 2.19. The Balaban J connectivity index is 2.22. The molecule has 1 N–H and O–H groups in total. The lowest BCUT2D eigenvalue weighted by molar-refractivity contribution is 0.609. The van der Waals surface area contributed by atoms with E-state index in [4.69, 9.17) is 10.5 Å². The van der Waals surface area contributed by atoms with Gasteiger partial charge in [-0.1, -0.05) is 18.2 Å². The number of halogens is 1. The van der Waals surface area contributed by atoms with Gasteiger partial charge in [0, 0.05) is 17.8 Å². The fraction of sp³-hybridized carbons (Fsp3) is 0.125. The van der Waals surface area contributed by atoms with E-state index in [0.29, 0.717) is 11.1 Å². The quantitative estimate of drug-likeness (QED) is 0.924. The van der Waals surface area contributed by atoms with Crippen molar-refractivity contribution in [3.8, 4) is 12.1 Å². The van der Waals surface area contributed by atoms with Crippen LogP contribution < -0.4 is 5.32 Å². The van der Waals surface area contributed by atoms with Gasteiger partial charge in [0.2, 0.25) is 0 Å². The Morgan fingerprint density at radius 2 is 1.95 bits per heavy atom. The van der Waals surface area contributed by atoms with Gasteiger partial charge in [-0.3, -0.25) is 0 Å². The van der Waals surface area contributed by atoms with Crippen molar-refractivity contribution in [1.29, 1.82) is 10.5 Å². The molecule has 0 saturated heterocycles. The van der Waals surface area contributed by atoms with Crippen LogP contribution in [0.5, 0.6) is 0 Å². The predicted octanol–water partition coefficient (Wildman–Crippen LogP) is 3.49. The number of rotatable bonds is 3. The maximum atomic E-state index is 13.9. The fourth-order valence-corrected chi connectivity index (χ4v) is 1.88. The van der Waals surface area contributed by atoms with Crippen molar-refractivity contribution in [3.05, 3.63) is 64.5 Å². The summed E-state index contributed by atoms with van der Waals surface area (Å²) in [7, 11) is 0. The molecular weight excluding hydrogens is 253 g/mol. The van der Waals surface area contributed by atoms with Crippen LogP contribution in [0, 0.1) is 35.4 Å². The number of anilines is 1. The third kappa shape index (κ3) is 2.76. The largest absolute Gasteiger partial charge is 0.381 e. The van der Waals surface area contributed by atoms with Gasteiger partial charge in [-0.25, -0.2) is 4.39 Å². The first-order valence-electron chi connectivity index (χ1n) is 6.08. The molecule has 2 rings (SSSR count). The molecule has 0 bridgehead atoms. The average Bonchev–Trinajstić information content (AvgIpc) is 2.47. The van der Waals surface area contributed by atoms with Gasteiger partial charge in [-0.2, -0.15) is 10.5 Å². The lowest BCUT2D eigenvalue weighted by atomic mass is 10.1. The minimum Gasteiger partial charge on any atom is -0.381 e. The van der Waals surface area contributed by atoms with Crippen LogP contribution in [0.2, 0.25) is 0 Å². The molecule has 0 aliphatic rings. The van der Waals surface area contributed by atoms with Crippen molar-refractivity contribution in [2.45, 2.75) is 13.5 Å². The molecule has 0 unspecified atom stereocenters. The summed E-state index contributed by atoms with van der Waals surface area (Å²) in [5.74, 6) is -0.503. The van der Waals surface area contributed by atoms with Gasteiger partial charge in [0.1, 0.15) is 11.9 Å². The predicted molar refractivity (Wildman–Crippen MR) is 74.3 cm³/mol. The maximum absolute atomic E-state index is 13.9. The maximum Gasteiger partial charge on any atom is 0.145 e. The Hall–Kier alpha value is -2.85. The topological polar surface area (TPSA) is 59.6 Å². The van der Waals surface area contributed by atoms with E-state index in [1.807, 2.05) is 19.1 Å². The van der Waals surface area contributed by atoms with Gasteiger partial charge < -0.3 is 5.32 Å². The summed E-state index contributed by atoms with van der Waals surface area (Å²) in [6, 6.07) is 13.9. The van der Waals surface area contributed by atoms with Crippen LogP contribution in [0.1, 0.15) is 22.3 Å². The highest BCUT2D eigenvalue weighted by atomic mass is 19.1. The fourth-order valence-electron chi connectivity index (χ4n) is 1.88. The second-order valence-electron chi connectivity index (χ2n) is 4.39. The van der Waals surface area contributed by atoms with E-state index in [9.17, 15) is 4.39 Å². The van der Waals surface area contributed by atoms with E-state index in [-0.39, 0.29) is 12.1 Å². The van der Waals surface area contributed by atoms with Gasteiger partial charge in [0.05, 0.1) is 17.2 Å². The molecule has 20 heavy (non-hydrogen) atoms. The van der Waals surface area contributed by atoms with E-state index in [2.05, 4.69) is 11.4 Å². The number of aryl methyl sites for hydroxylation is 1. The van der Waals surface area contributed by atoms with Crippen LogP contribution in [0.25, 0.3) is 0 Å². The van der Waals surface area contributed by atoms with Crippen molar-refractivity contribution in [2.24, 2.45) is 0 Å². The van der Waals surface area contributed by atoms with E-state index in [1.54, 1.807) is 24.3 Å². The molecule has 0 radical (unpaired) electrons. The normalized spacial score (nSPS) is 9.60. The van der Waals surface area contributed by atoms with Crippen molar-refractivity contribution in [3.63, 3.8) is 0 Å². The molecule has 0 aliphatic heterocycles. The van der Waals surface area contributed by atoms with E-state index >= 15 is 0 Å². The zero-order valence-electron chi connectivity index (χ0n) is 10.9. The molecule has 2 aromatic carbocycles. The third-order valence-corrected chi connectivity index (χ3v) is 3.04. The summed E-state index contributed by atoms with van der Waals surface area (Å²) in [6.45, 7) is 2.17. The Kier molecular flexibility index (Phi) is 3.98. The highest BCUT2D eigenvalue weighted by molar-refractivity contribution is 5.55. The van der Waals surface area contributed by atoms with E-state index in [0.717, 1.165) is 11.3 Å². The molecule has 2 aromatic rings. The molecule has 0 heterocycles. The molecule has 0 saturated carbocycles. The Bertz CT molecular complexity index is 721. The molecule has 0 aromatic heterocycles. The van der Waals surface area contributed by atoms with Crippen LogP contribution in [0.15, 0.2) is 36.4 Å². The lowest BCUT2D eigenvalue weighted by Crippen LogP contribution is -2.04. The Morgan fingerprint density at radius 1 is 1.15 bits per heavy atom. The number of nitriles is 2. The first kappa shape index (κ1) is 13.6. The second kappa shape index (κ2) is 5.86. The molecule has 98 valence electrons. The molecular formula is C16H12FN3. The molecule has 0 aliphatic carbocycles. The Labute approximate surface area is 116 Å². The van der Waals surface area contributed by atoms with E-state index in [1.165, 1.54) is 6.07 Å². The van der Waals surface area contributed by atoms with Gasteiger partial charge in [-0.15, -0.1) is 0 Å². The molecule has 4 heteroatoms. The Morgan fingerprint density at radius 3 is 2.65 bits per heavy atom. The number of nitrogens with zero attached hydrogens (tertiary/aromatic N) is 2. The van der Waals surface area contributed by atoms with Gasteiger partial charge in [0.15, 0.2) is 0 Å². The standard InChI is InChI=1S/C16H12FN3/c1-11-5-6-12(8-18)7-15(11)20-10-14-4-2-3-13(9-19)16(14)17/h2-7,20H,10H2,1H3. The summed E-state index contributed by atoms with van der Waals surface area (Å²) in [5, 5.41) is 20.8. The molecule has 0 spiro atoms. The number of hydrogen-bond acceptors (Lipinski definition) is 3. The van der Waals surface area contributed by atoms with Gasteiger partial charge >= 0.3 is 0 Å². The van der Waals surface area contributed by atoms with Crippen LogP contribution in [0.3, 0.4) is 0 Å². The summed E-state index contributed by atoms with van der Waals surface area (Å²) in [6.07, 6.45) is 0. The molecule has 3 nitrogen and oxygen atoms in total. The lowest BCUT2D eigenvalue weighted by Gasteiger charge is -2.11. The van der Waals surface area contributed by atoms with Crippen LogP contribution in [0.4, 0.5) is 10.1 Å². The van der Waals surface area contributed by atoms with E-state index < -0.39 is 5.82 Å². The number of nitrogens with one attached hydrogen (secondary N) is 1. The molecule has 0 atom stereocenters. The summed E-state index contributed by atoms with van der Waals surface area (Å²) >= 11 is 0. The summed E-state index contributed by atoms with van der Waals surface area (Å²) < 4.78 is 13.9. The van der Waals surface area contributed by atoms with Gasteiger partial charge in [-0.05, 0) is 30.7 Å². The zero-order chi connectivity index (χ0) is 14.5. The highest BCUT2D eigenvalue weighted by Gasteiger charge is 2.08. The van der Waals surface area contributed by atoms with Gasteiger partial charge in [0.25, 0.3) is 0 Å². The average molecular weight is 265 g/mol. The summed E-state index contributed by atoms with van der Waals surface area (Å²) in [4.78, 5) is 0. The minimum atomic E-state index is -0.503. The van der Waals surface area contributed by atoms with Crippen molar-refractivity contribution < 1.29 is 4.39 Å². The van der Waals surface area contributed by atoms with Crippen LogP contribution in [-0.2, 0) is 6.54 Å². The number of benzene rings is 2. The summed E-state index contributed by atoms with van der Waals surface area (Å²) in [5.41, 5.74) is 2.76. The second-order valence-corrected chi connectivity index (χ2v) is 4.39. The number of hydrogen-bond donors (Lipinski definition) is 1. The smallest absolute Gasteiger partial charge is 0.145 e. The zero-order valence-corrected chi connectivity index (χ0v) is 10.9. The molecule has 0 amide bonds. The van der Waals surface area contributed by atoms with Crippen LogP contribution in [-0.4, -0.2) is 0 Å². The van der Waals surface area contributed by atoms with Crippen molar-refractivity contribution in [1.82, 2.24) is 0 Å². The first-order chi connectivity index (χ1) is 9.65. The SMILES string of the molecule is Cc1ccc(C#N)cc1NCc1cccc(C#N)c1F. The monoisotopic (exact) mass is 265 g/mol. The third-order valence-electron chi connectivity index (χ3n) is 3.04. The first-order valence-corrected chi connectivity index (χ1v) is 6.08. The van der Waals surface area contributed by atoms with Crippen molar-refractivity contribution in [2.75, 3.05) is 5.32 Å². The molecule has 0 fully saturated rings. The van der Waals surface area contributed by atoms with Crippen LogP contribution >= 0.6 is 0 Å².